The van der Waals surface area contributed by atoms with Gasteiger partial charge in [0.05, 0.1) is 34.2 Å². The molecule has 0 aliphatic rings. The summed E-state index contributed by atoms with van der Waals surface area (Å²) in [6.45, 7) is 0.528. The largest absolute Gasteiger partial charge is 0.493 e. The van der Waals surface area contributed by atoms with E-state index in [4.69, 9.17) is 25.8 Å². The molecular formula is C15H15ClN4O3. The summed E-state index contributed by atoms with van der Waals surface area (Å²) in [6.07, 6.45) is 3.09. The van der Waals surface area contributed by atoms with Crippen molar-refractivity contribution < 1.29 is 14.2 Å². The molecule has 23 heavy (non-hydrogen) atoms. The van der Waals surface area contributed by atoms with Crippen LogP contribution in [-0.4, -0.2) is 40.8 Å². The average Bonchev–Trinajstić information content (AvgIpc) is 2.98. The predicted molar refractivity (Wildman–Crippen MR) is 85.5 cm³/mol. The first-order chi connectivity index (χ1) is 11.2. The molecule has 0 aliphatic carbocycles. The fourth-order valence-electron chi connectivity index (χ4n) is 2.39. The van der Waals surface area contributed by atoms with E-state index in [0.717, 1.165) is 5.56 Å². The lowest BCUT2D eigenvalue weighted by Crippen LogP contribution is -2.02. The Labute approximate surface area is 137 Å². The van der Waals surface area contributed by atoms with E-state index in [1.54, 1.807) is 27.7 Å². The maximum Gasteiger partial charge on any atom is 0.203 e. The summed E-state index contributed by atoms with van der Waals surface area (Å²) in [4.78, 5) is 12.4. The van der Waals surface area contributed by atoms with Crippen LogP contribution < -0.4 is 14.2 Å². The summed E-state index contributed by atoms with van der Waals surface area (Å²) in [6, 6.07) is 3.77. The number of methoxy groups -OCH3 is 3. The van der Waals surface area contributed by atoms with Crippen molar-refractivity contribution in [3.63, 3.8) is 0 Å². The molecule has 2 aromatic heterocycles. The molecule has 0 unspecified atom stereocenters. The molecule has 120 valence electrons. The second-order valence-electron chi connectivity index (χ2n) is 4.74. The van der Waals surface area contributed by atoms with E-state index in [0.29, 0.717) is 40.1 Å². The fourth-order valence-corrected chi connectivity index (χ4v) is 2.57. The molecule has 2 heterocycles. The van der Waals surface area contributed by atoms with Crippen LogP contribution in [0, 0.1) is 0 Å². The Kier molecular flexibility index (Phi) is 4.20. The molecular weight excluding hydrogens is 320 g/mol. The molecule has 0 bridgehead atoms. The summed E-state index contributed by atoms with van der Waals surface area (Å²) in [5.41, 5.74) is 2.19. The molecule has 3 rings (SSSR count). The van der Waals surface area contributed by atoms with Gasteiger partial charge in [-0.05, 0) is 17.7 Å². The summed E-state index contributed by atoms with van der Waals surface area (Å²) >= 11 is 6.02. The van der Waals surface area contributed by atoms with Crippen molar-refractivity contribution in [1.29, 1.82) is 0 Å². The molecule has 0 saturated heterocycles. The van der Waals surface area contributed by atoms with Crippen molar-refractivity contribution in [2.45, 2.75) is 6.54 Å². The van der Waals surface area contributed by atoms with Gasteiger partial charge < -0.3 is 18.8 Å². The van der Waals surface area contributed by atoms with Crippen LogP contribution in [0.5, 0.6) is 17.2 Å². The number of nitrogens with zero attached hydrogens (tertiary/aromatic N) is 4. The van der Waals surface area contributed by atoms with Gasteiger partial charge in [-0.1, -0.05) is 11.6 Å². The first-order valence-electron chi connectivity index (χ1n) is 6.78. The van der Waals surface area contributed by atoms with Crippen LogP contribution in [0.1, 0.15) is 5.56 Å². The Hall–Kier alpha value is -2.54. The van der Waals surface area contributed by atoms with Crippen LogP contribution >= 0.6 is 11.6 Å². The predicted octanol–water partition coefficient (Wildman–Crippen LogP) is 2.55. The maximum absolute atomic E-state index is 6.02. The molecule has 1 aromatic carbocycles. The Morgan fingerprint density at radius 3 is 2.30 bits per heavy atom. The zero-order chi connectivity index (χ0) is 16.4. The van der Waals surface area contributed by atoms with Gasteiger partial charge in [0.2, 0.25) is 5.75 Å². The Balaban J connectivity index is 2.03. The Morgan fingerprint density at radius 1 is 1.00 bits per heavy atom. The van der Waals surface area contributed by atoms with E-state index in [1.807, 2.05) is 16.7 Å². The normalized spacial score (nSPS) is 10.8. The number of hydrogen-bond donors (Lipinski definition) is 0. The van der Waals surface area contributed by atoms with E-state index in [9.17, 15) is 0 Å². The first kappa shape index (κ1) is 15.4. The zero-order valence-electron chi connectivity index (χ0n) is 12.9. The summed E-state index contributed by atoms with van der Waals surface area (Å²) in [7, 11) is 4.74. The van der Waals surface area contributed by atoms with Crippen molar-refractivity contribution in [3.05, 3.63) is 35.5 Å². The van der Waals surface area contributed by atoms with Crippen LogP contribution in [0.15, 0.2) is 24.8 Å². The molecule has 0 fully saturated rings. The van der Waals surface area contributed by atoms with Crippen molar-refractivity contribution in [2.75, 3.05) is 21.3 Å². The number of benzene rings is 1. The van der Waals surface area contributed by atoms with Gasteiger partial charge in [0.25, 0.3) is 0 Å². The molecule has 0 saturated carbocycles. The van der Waals surface area contributed by atoms with Gasteiger partial charge in [0, 0.05) is 0 Å². The highest BCUT2D eigenvalue weighted by Gasteiger charge is 2.15. The van der Waals surface area contributed by atoms with Crippen LogP contribution in [0.25, 0.3) is 11.2 Å². The van der Waals surface area contributed by atoms with Gasteiger partial charge in [-0.3, -0.25) is 0 Å². The number of rotatable bonds is 5. The second-order valence-corrected chi connectivity index (χ2v) is 5.10. The molecule has 8 heteroatoms. The number of halogens is 1. The van der Waals surface area contributed by atoms with Gasteiger partial charge in [-0.25, -0.2) is 15.0 Å². The maximum atomic E-state index is 6.02. The monoisotopic (exact) mass is 334 g/mol. The Morgan fingerprint density at radius 2 is 1.70 bits per heavy atom. The highest BCUT2D eigenvalue weighted by molar-refractivity contribution is 6.33. The van der Waals surface area contributed by atoms with Crippen LogP contribution in [0.2, 0.25) is 5.15 Å². The molecule has 7 nitrogen and oxygen atoms in total. The van der Waals surface area contributed by atoms with Crippen molar-refractivity contribution >= 4 is 22.8 Å². The lowest BCUT2D eigenvalue weighted by Gasteiger charge is -2.14. The third kappa shape index (κ3) is 2.75. The number of ether oxygens (including phenoxy) is 3. The highest BCUT2D eigenvalue weighted by Crippen LogP contribution is 2.38. The third-order valence-corrected chi connectivity index (χ3v) is 3.71. The van der Waals surface area contributed by atoms with E-state index < -0.39 is 0 Å². The quantitative estimate of drug-likeness (QED) is 0.668. The lowest BCUT2D eigenvalue weighted by atomic mass is 10.1. The minimum Gasteiger partial charge on any atom is -0.493 e. The topological polar surface area (TPSA) is 71.3 Å². The van der Waals surface area contributed by atoms with E-state index >= 15 is 0 Å². The van der Waals surface area contributed by atoms with Gasteiger partial charge in [-0.2, -0.15) is 0 Å². The van der Waals surface area contributed by atoms with Crippen LogP contribution in [0.3, 0.4) is 0 Å². The van der Waals surface area contributed by atoms with E-state index in [2.05, 4.69) is 15.0 Å². The van der Waals surface area contributed by atoms with Gasteiger partial charge in [0.1, 0.15) is 11.8 Å². The first-order valence-corrected chi connectivity index (χ1v) is 7.16. The number of imidazole rings is 1. The highest BCUT2D eigenvalue weighted by atomic mass is 35.5. The Bertz CT molecular complexity index is 825. The molecule has 0 radical (unpaired) electrons. The van der Waals surface area contributed by atoms with Crippen LogP contribution in [-0.2, 0) is 6.54 Å². The second kappa shape index (κ2) is 6.29. The van der Waals surface area contributed by atoms with Crippen LogP contribution in [0.4, 0.5) is 0 Å². The van der Waals surface area contributed by atoms with Crippen molar-refractivity contribution in [2.24, 2.45) is 0 Å². The molecule has 3 aromatic rings. The number of aromatic nitrogens is 4. The molecule has 0 spiro atoms. The SMILES string of the molecule is COc1cc(Cn2cnc3c(Cl)ncnc32)cc(OC)c1OC. The van der Waals surface area contributed by atoms with E-state index in [1.165, 1.54) is 6.33 Å². The van der Waals surface area contributed by atoms with Gasteiger partial charge in [0.15, 0.2) is 22.3 Å². The van der Waals surface area contributed by atoms with Crippen molar-refractivity contribution in [3.8, 4) is 17.2 Å². The van der Waals surface area contributed by atoms with Crippen molar-refractivity contribution in [1.82, 2.24) is 19.5 Å². The average molecular weight is 335 g/mol. The fraction of sp³-hybridized carbons (Fsp3) is 0.267. The standard InChI is InChI=1S/C15H15ClN4O3/c1-21-10-4-9(5-11(22-2)13(10)23-3)6-20-8-19-12-14(16)17-7-18-15(12)20/h4-5,7-8H,6H2,1-3H3. The smallest absolute Gasteiger partial charge is 0.203 e. The molecule has 0 atom stereocenters. The zero-order valence-corrected chi connectivity index (χ0v) is 13.7. The summed E-state index contributed by atoms with van der Waals surface area (Å²) < 4.78 is 17.9. The number of fused-ring (bicyclic) bond motifs is 1. The van der Waals surface area contributed by atoms with Gasteiger partial charge in [-0.15, -0.1) is 0 Å². The molecule has 0 N–H and O–H groups in total. The molecule has 0 amide bonds. The molecule has 0 aliphatic heterocycles. The minimum absolute atomic E-state index is 0.332. The summed E-state index contributed by atoms with van der Waals surface area (Å²) in [5.74, 6) is 1.75. The number of hydrogen-bond acceptors (Lipinski definition) is 6. The minimum atomic E-state index is 0.332. The summed E-state index contributed by atoms with van der Waals surface area (Å²) in [5, 5.41) is 0.332. The van der Waals surface area contributed by atoms with Gasteiger partial charge >= 0.3 is 0 Å². The lowest BCUT2D eigenvalue weighted by molar-refractivity contribution is 0.323. The van der Waals surface area contributed by atoms with E-state index in [-0.39, 0.29) is 0 Å². The third-order valence-electron chi connectivity index (χ3n) is 3.43.